The Balaban J connectivity index is 1.71. The van der Waals surface area contributed by atoms with Gasteiger partial charge < -0.3 is 14.7 Å². The van der Waals surface area contributed by atoms with Gasteiger partial charge in [-0.1, -0.05) is 19.1 Å². The number of fused-ring (bicyclic) bond motifs is 1. The number of hydrogen-bond donors (Lipinski definition) is 1. The van der Waals surface area contributed by atoms with E-state index in [0.717, 1.165) is 31.2 Å². The summed E-state index contributed by atoms with van der Waals surface area (Å²) in [5.41, 5.74) is 2.46. The Hall–Kier alpha value is -2.75. The van der Waals surface area contributed by atoms with Crippen molar-refractivity contribution in [2.24, 2.45) is 5.92 Å². The van der Waals surface area contributed by atoms with Gasteiger partial charge in [0.05, 0.1) is 13.2 Å². The number of ether oxygens (including phenoxy) is 1. The number of allylic oxidation sites excluding steroid dienone is 2. The van der Waals surface area contributed by atoms with Crippen LogP contribution >= 0.6 is 0 Å². The number of hydrogen-bond acceptors (Lipinski definition) is 5. The number of aliphatic hydroxyl groups excluding tert-OH is 1. The zero-order chi connectivity index (χ0) is 26.7. The smallest absolute Gasteiger partial charge is 0.253 e. The lowest BCUT2D eigenvalue weighted by Crippen LogP contribution is -2.50. The van der Waals surface area contributed by atoms with Crippen molar-refractivity contribution in [2.75, 3.05) is 26.7 Å². The third-order valence-corrected chi connectivity index (χ3v) is 9.24. The van der Waals surface area contributed by atoms with Crippen LogP contribution < -0.4 is 4.74 Å². The van der Waals surface area contributed by atoms with E-state index in [1.807, 2.05) is 13.0 Å². The molecule has 9 heteroatoms. The van der Waals surface area contributed by atoms with Gasteiger partial charge in [0.25, 0.3) is 5.91 Å². The molecule has 0 aromatic heterocycles. The van der Waals surface area contributed by atoms with Crippen molar-refractivity contribution in [2.45, 2.75) is 56.6 Å². The Bertz CT molecular complexity index is 1260. The molecule has 2 aliphatic rings. The van der Waals surface area contributed by atoms with Crippen molar-refractivity contribution >= 4 is 21.5 Å². The zero-order valence-electron chi connectivity index (χ0n) is 21.6. The van der Waals surface area contributed by atoms with Crippen molar-refractivity contribution in [3.05, 3.63) is 65.5 Å². The molecule has 0 saturated carbocycles. The summed E-state index contributed by atoms with van der Waals surface area (Å²) >= 11 is 0. The molecule has 2 aromatic rings. The van der Waals surface area contributed by atoms with E-state index in [0.29, 0.717) is 5.56 Å². The molecule has 4 rings (SSSR count). The number of carbonyl (C=O) groups excluding carboxylic acids is 1. The standard InChI is InChI=1S/C28H35FN2O5S/c1-19-16-31(20(2)18-32)37(34,35)27-14-11-23(21-7-5-4-6-8-21)15-25(27)36-26(19)17-30(3)28(33)22-9-12-24(29)13-10-22/h7,9-15,19-20,26,32H,4-6,8,16-18H2,1-3H3/t19-,20+,26+/m0/s1. The summed E-state index contributed by atoms with van der Waals surface area (Å²) in [6.07, 6.45) is 5.81. The van der Waals surface area contributed by atoms with Gasteiger partial charge in [0.2, 0.25) is 10.0 Å². The highest BCUT2D eigenvalue weighted by atomic mass is 32.2. The summed E-state index contributed by atoms with van der Waals surface area (Å²) in [5, 5.41) is 9.84. The van der Waals surface area contributed by atoms with E-state index in [9.17, 15) is 22.7 Å². The van der Waals surface area contributed by atoms with Gasteiger partial charge in [-0.3, -0.25) is 4.79 Å². The van der Waals surface area contributed by atoms with Gasteiger partial charge in [0, 0.05) is 31.1 Å². The minimum atomic E-state index is -3.94. The van der Waals surface area contributed by atoms with Crippen LogP contribution in [0, 0.1) is 11.7 Å². The Morgan fingerprint density at radius 2 is 1.95 bits per heavy atom. The molecule has 2 aromatic carbocycles. The van der Waals surface area contributed by atoms with Crippen LogP contribution in [0.1, 0.15) is 55.5 Å². The normalized spacial score (nSPS) is 22.6. The molecule has 0 spiro atoms. The number of benzene rings is 2. The maximum Gasteiger partial charge on any atom is 0.253 e. The predicted molar refractivity (Wildman–Crippen MR) is 140 cm³/mol. The highest BCUT2D eigenvalue weighted by molar-refractivity contribution is 7.89. The third kappa shape index (κ3) is 5.89. The molecule has 0 bridgehead atoms. The van der Waals surface area contributed by atoms with E-state index in [1.165, 1.54) is 39.0 Å². The van der Waals surface area contributed by atoms with E-state index in [-0.39, 0.29) is 42.2 Å². The maximum atomic E-state index is 13.7. The topological polar surface area (TPSA) is 87.2 Å². The lowest BCUT2D eigenvalue weighted by atomic mass is 9.93. The third-order valence-electron chi connectivity index (χ3n) is 7.22. The minimum Gasteiger partial charge on any atom is -0.487 e. The average molecular weight is 531 g/mol. The van der Waals surface area contributed by atoms with Gasteiger partial charge in [-0.2, -0.15) is 4.31 Å². The first-order valence-corrected chi connectivity index (χ1v) is 14.2. The Morgan fingerprint density at radius 1 is 1.22 bits per heavy atom. The van der Waals surface area contributed by atoms with Crippen LogP contribution in [-0.4, -0.2) is 67.5 Å². The second kappa shape index (κ2) is 11.3. The molecule has 0 radical (unpaired) electrons. The number of amides is 1. The molecular formula is C28H35FN2O5S. The van der Waals surface area contributed by atoms with E-state index in [4.69, 9.17) is 4.74 Å². The van der Waals surface area contributed by atoms with E-state index >= 15 is 0 Å². The zero-order valence-corrected chi connectivity index (χ0v) is 22.4. The highest BCUT2D eigenvalue weighted by Gasteiger charge is 2.38. The lowest BCUT2D eigenvalue weighted by molar-refractivity contribution is 0.0563. The first kappa shape index (κ1) is 27.3. The lowest BCUT2D eigenvalue weighted by Gasteiger charge is -2.37. The number of likely N-dealkylation sites (N-methyl/N-ethyl adjacent to an activating group) is 1. The van der Waals surface area contributed by atoms with Crippen molar-refractivity contribution in [1.82, 2.24) is 9.21 Å². The fraction of sp³-hybridized carbons (Fsp3) is 0.464. The van der Waals surface area contributed by atoms with E-state index in [2.05, 4.69) is 6.08 Å². The Morgan fingerprint density at radius 3 is 2.59 bits per heavy atom. The van der Waals surface area contributed by atoms with Crippen LogP contribution in [0.4, 0.5) is 4.39 Å². The molecule has 0 fully saturated rings. The molecule has 0 unspecified atom stereocenters. The highest BCUT2D eigenvalue weighted by Crippen LogP contribution is 2.37. The van der Waals surface area contributed by atoms with Crippen LogP contribution in [-0.2, 0) is 10.0 Å². The van der Waals surface area contributed by atoms with Gasteiger partial charge in [0.1, 0.15) is 22.6 Å². The van der Waals surface area contributed by atoms with Crippen molar-refractivity contribution in [1.29, 1.82) is 0 Å². The second-order valence-corrected chi connectivity index (χ2v) is 11.9. The Labute approximate surface area is 218 Å². The number of sulfonamides is 1. The molecule has 1 N–H and O–H groups in total. The summed E-state index contributed by atoms with van der Waals surface area (Å²) in [7, 11) is -2.29. The first-order valence-electron chi connectivity index (χ1n) is 12.8. The van der Waals surface area contributed by atoms with Crippen LogP contribution in [0.25, 0.3) is 5.57 Å². The van der Waals surface area contributed by atoms with Crippen molar-refractivity contribution in [3.8, 4) is 5.75 Å². The number of rotatable bonds is 6. The van der Waals surface area contributed by atoms with Gasteiger partial charge in [-0.15, -0.1) is 0 Å². The second-order valence-electron chi connectivity index (χ2n) is 10.1. The SMILES string of the molecule is C[C@H](CO)N1C[C@H](C)[C@@H](CN(C)C(=O)c2ccc(F)cc2)Oc2cc(C3=CCCCC3)ccc2S1(=O)=O. The number of halogens is 1. The molecule has 200 valence electrons. The number of nitrogens with zero attached hydrogens (tertiary/aromatic N) is 2. The van der Waals surface area contributed by atoms with Gasteiger partial charge >= 0.3 is 0 Å². The maximum absolute atomic E-state index is 13.7. The summed E-state index contributed by atoms with van der Waals surface area (Å²) in [6.45, 7) is 3.56. The van der Waals surface area contributed by atoms with Crippen LogP contribution in [0.5, 0.6) is 5.75 Å². The van der Waals surface area contributed by atoms with Gasteiger partial charge in [-0.25, -0.2) is 12.8 Å². The molecular weight excluding hydrogens is 495 g/mol. The molecule has 3 atom stereocenters. The molecule has 37 heavy (non-hydrogen) atoms. The van der Waals surface area contributed by atoms with E-state index in [1.54, 1.807) is 26.1 Å². The average Bonchev–Trinajstić information content (AvgIpc) is 2.90. The van der Waals surface area contributed by atoms with Crippen molar-refractivity contribution < 1.29 is 27.4 Å². The van der Waals surface area contributed by atoms with Crippen molar-refractivity contribution in [3.63, 3.8) is 0 Å². The summed E-state index contributed by atoms with van der Waals surface area (Å²) in [4.78, 5) is 14.6. The minimum absolute atomic E-state index is 0.0531. The largest absolute Gasteiger partial charge is 0.487 e. The number of aliphatic hydroxyl groups is 1. The monoisotopic (exact) mass is 530 g/mol. The van der Waals surface area contributed by atoms with E-state index < -0.39 is 28.0 Å². The fourth-order valence-electron chi connectivity index (χ4n) is 4.91. The Kier molecular flexibility index (Phi) is 8.36. The summed E-state index contributed by atoms with van der Waals surface area (Å²) < 4.78 is 48.4. The van der Waals surface area contributed by atoms with Gasteiger partial charge in [0.15, 0.2) is 0 Å². The van der Waals surface area contributed by atoms with Crippen LogP contribution in [0.2, 0.25) is 0 Å². The summed E-state index contributed by atoms with van der Waals surface area (Å²) in [6, 6.07) is 9.94. The fourth-order valence-corrected chi connectivity index (χ4v) is 6.74. The first-order chi connectivity index (χ1) is 17.6. The summed E-state index contributed by atoms with van der Waals surface area (Å²) in [5.74, 6) is -0.750. The molecule has 1 aliphatic heterocycles. The quantitative estimate of drug-likeness (QED) is 0.601. The molecule has 1 aliphatic carbocycles. The van der Waals surface area contributed by atoms with Crippen LogP contribution in [0.3, 0.4) is 0 Å². The molecule has 7 nitrogen and oxygen atoms in total. The molecule has 0 saturated heterocycles. The number of carbonyl (C=O) groups is 1. The van der Waals surface area contributed by atoms with Crippen LogP contribution in [0.15, 0.2) is 53.4 Å². The molecule has 1 heterocycles. The molecule has 1 amide bonds. The predicted octanol–water partition coefficient (Wildman–Crippen LogP) is 4.32. The van der Waals surface area contributed by atoms with Gasteiger partial charge in [-0.05, 0) is 80.1 Å².